The van der Waals surface area contributed by atoms with E-state index in [9.17, 15) is 21.6 Å². The summed E-state index contributed by atoms with van der Waals surface area (Å²) >= 11 is 0. The van der Waals surface area contributed by atoms with E-state index in [-0.39, 0.29) is 21.0 Å². The van der Waals surface area contributed by atoms with Gasteiger partial charge in [-0.2, -0.15) is 0 Å². The molecule has 0 spiro atoms. The van der Waals surface area contributed by atoms with Gasteiger partial charge in [0.2, 0.25) is 10.0 Å². The van der Waals surface area contributed by atoms with Crippen LogP contribution in [0, 0.1) is 0 Å². The van der Waals surface area contributed by atoms with Crippen LogP contribution in [0.2, 0.25) is 0 Å². The number of para-hydroxylation sites is 1. The molecule has 0 aromatic heterocycles. The van der Waals surface area contributed by atoms with Crippen molar-refractivity contribution in [3.8, 4) is 0 Å². The number of carbonyl (C=O) groups is 1. The zero-order valence-corrected chi connectivity index (χ0v) is 16.9. The van der Waals surface area contributed by atoms with Crippen molar-refractivity contribution in [3.63, 3.8) is 0 Å². The minimum Gasteiger partial charge on any atom is -0.465 e. The average molecular weight is 412 g/mol. The summed E-state index contributed by atoms with van der Waals surface area (Å²) in [7, 11) is -2.73. The second kappa shape index (κ2) is 7.67. The van der Waals surface area contributed by atoms with Gasteiger partial charge < -0.3 is 4.74 Å². The molecule has 0 fully saturated rings. The van der Waals surface area contributed by atoms with Gasteiger partial charge in [0.25, 0.3) is 10.0 Å². The van der Waals surface area contributed by atoms with E-state index in [0.29, 0.717) is 0 Å². The Kier molecular flexibility index (Phi) is 5.93. The number of hydrogen-bond acceptors (Lipinski definition) is 6. The first-order valence-corrected chi connectivity index (χ1v) is 10.6. The predicted molar refractivity (Wildman–Crippen MR) is 101 cm³/mol. The summed E-state index contributed by atoms with van der Waals surface area (Å²) in [5.74, 6) is -0.684. The topological polar surface area (TPSA) is 101 Å². The van der Waals surface area contributed by atoms with E-state index in [1.165, 1.54) is 58.6 Å². The molecule has 0 aliphatic heterocycles. The number of hydrogen-bond donors (Lipinski definition) is 0. The van der Waals surface area contributed by atoms with Gasteiger partial charge in [-0.25, -0.2) is 25.9 Å². The smallest absolute Gasteiger partial charge is 0.340 e. The maximum absolute atomic E-state index is 13.0. The van der Waals surface area contributed by atoms with Crippen molar-refractivity contribution in [2.75, 3.05) is 32.6 Å². The molecule has 27 heavy (non-hydrogen) atoms. The van der Waals surface area contributed by atoms with Gasteiger partial charge >= 0.3 is 5.97 Å². The number of benzene rings is 2. The molecule has 0 aliphatic carbocycles. The molecule has 0 unspecified atom stereocenters. The van der Waals surface area contributed by atoms with Crippen LogP contribution in [0.3, 0.4) is 0 Å². The molecule has 0 radical (unpaired) electrons. The minimum absolute atomic E-state index is 0.0724. The van der Waals surface area contributed by atoms with Crippen molar-refractivity contribution in [3.05, 3.63) is 54.1 Å². The van der Waals surface area contributed by atoms with E-state index < -0.39 is 26.0 Å². The highest BCUT2D eigenvalue weighted by Gasteiger charge is 2.27. The van der Waals surface area contributed by atoms with E-state index in [1.807, 2.05) is 0 Å². The van der Waals surface area contributed by atoms with E-state index in [4.69, 9.17) is 4.74 Å². The summed E-state index contributed by atoms with van der Waals surface area (Å²) in [5.41, 5.74) is 0.188. The molecule has 0 N–H and O–H groups in total. The Morgan fingerprint density at radius 1 is 0.852 bits per heavy atom. The maximum Gasteiger partial charge on any atom is 0.340 e. The molecular formula is C17H20N2O6S2. The van der Waals surface area contributed by atoms with E-state index in [2.05, 4.69) is 0 Å². The zero-order chi connectivity index (χ0) is 20.4. The third-order valence-corrected chi connectivity index (χ3v) is 7.47. The number of esters is 1. The summed E-state index contributed by atoms with van der Waals surface area (Å²) in [6.45, 7) is 0. The lowest BCUT2D eigenvalue weighted by Gasteiger charge is -2.22. The first kappa shape index (κ1) is 20.9. The number of methoxy groups -OCH3 is 1. The van der Waals surface area contributed by atoms with Crippen LogP contribution in [0.5, 0.6) is 0 Å². The van der Waals surface area contributed by atoms with Crippen molar-refractivity contribution in [1.82, 2.24) is 4.31 Å². The fraction of sp³-hybridized carbons (Fsp3) is 0.235. The molecule has 0 bridgehead atoms. The van der Waals surface area contributed by atoms with Crippen molar-refractivity contribution in [1.29, 1.82) is 0 Å². The van der Waals surface area contributed by atoms with E-state index in [1.54, 1.807) is 12.1 Å². The number of nitrogens with zero attached hydrogens (tertiary/aromatic N) is 2. The highest BCUT2D eigenvalue weighted by atomic mass is 32.2. The fourth-order valence-electron chi connectivity index (χ4n) is 2.32. The second-order valence-electron chi connectivity index (χ2n) is 5.74. The molecule has 10 heteroatoms. The lowest BCUT2D eigenvalue weighted by Crippen LogP contribution is -2.29. The Morgan fingerprint density at radius 2 is 1.41 bits per heavy atom. The minimum atomic E-state index is -4.12. The molecule has 2 aromatic carbocycles. The van der Waals surface area contributed by atoms with Gasteiger partial charge in [-0.15, -0.1) is 0 Å². The molecule has 0 heterocycles. The molecule has 0 aliphatic rings. The first-order valence-electron chi connectivity index (χ1n) is 7.72. The van der Waals surface area contributed by atoms with E-state index >= 15 is 0 Å². The van der Waals surface area contributed by atoms with Crippen LogP contribution in [0.1, 0.15) is 10.4 Å². The van der Waals surface area contributed by atoms with Crippen molar-refractivity contribution < 1.29 is 26.4 Å². The number of carbonyl (C=O) groups excluding carboxylic acids is 1. The summed E-state index contributed by atoms with van der Waals surface area (Å²) < 4.78 is 57.2. The van der Waals surface area contributed by atoms with Gasteiger partial charge in [0.15, 0.2) is 0 Å². The van der Waals surface area contributed by atoms with Crippen LogP contribution < -0.4 is 4.31 Å². The molecule has 8 nitrogen and oxygen atoms in total. The largest absolute Gasteiger partial charge is 0.465 e. The third-order valence-electron chi connectivity index (χ3n) is 3.89. The standard InChI is InChI=1S/C17H20N2O6S2/c1-18(2)26(21,22)13-8-7-9-14(12-13)27(23,24)19(3)16-11-6-5-10-15(16)17(20)25-4/h5-12H,1-4H3. The van der Waals surface area contributed by atoms with Gasteiger partial charge in [0.05, 0.1) is 28.2 Å². The molecule has 0 atom stereocenters. The van der Waals surface area contributed by atoms with Gasteiger partial charge in [-0.05, 0) is 30.3 Å². The summed E-state index contributed by atoms with van der Waals surface area (Å²) in [6.07, 6.45) is 0. The summed E-state index contributed by atoms with van der Waals surface area (Å²) in [5, 5.41) is 0. The van der Waals surface area contributed by atoms with Gasteiger partial charge in [-0.1, -0.05) is 18.2 Å². The number of sulfonamides is 2. The highest BCUT2D eigenvalue weighted by Crippen LogP contribution is 2.27. The summed E-state index contributed by atoms with van der Waals surface area (Å²) in [6, 6.07) is 11.1. The normalized spacial score (nSPS) is 12.0. The number of anilines is 1. The third kappa shape index (κ3) is 3.97. The van der Waals surface area contributed by atoms with Crippen molar-refractivity contribution >= 4 is 31.7 Å². The fourth-order valence-corrected chi connectivity index (χ4v) is 4.61. The van der Waals surface area contributed by atoms with Gasteiger partial charge in [0.1, 0.15) is 0 Å². The van der Waals surface area contributed by atoms with Crippen LogP contribution in [0.4, 0.5) is 5.69 Å². The monoisotopic (exact) mass is 412 g/mol. The Balaban J connectivity index is 2.57. The molecule has 146 valence electrons. The lowest BCUT2D eigenvalue weighted by molar-refractivity contribution is 0.0601. The van der Waals surface area contributed by atoms with Crippen LogP contribution in [-0.4, -0.2) is 55.4 Å². The van der Waals surface area contributed by atoms with Crippen molar-refractivity contribution in [2.24, 2.45) is 0 Å². The Labute approximate surface area is 159 Å². The van der Waals surface area contributed by atoms with Crippen LogP contribution in [-0.2, 0) is 24.8 Å². The quantitative estimate of drug-likeness (QED) is 0.667. The first-order chi connectivity index (χ1) is 12.5. The Morgan fingerprint density at radius 3 is 1.96 bits per heavy atom. The SMILES string of the molecule is COC(=O)c1ccccc1N(C)S(=O)(=O)c1cccc(S(=O)(=O)N(C)C)c1. The van der Waals surface area contributed by atoms with Crippen molar-refractivity contribution in [2.45, 2.75) is 9.79 Å². The molecule has 0 amide bonds. The van der Waals surface area contributed by atoms with Gasteiger partial charge in [-0.3, -0.25) is 4.31 Å². The number of rotatable bonds is 6. The Hall–Kier alpha value is -2.43. The maximum atomic E-state index is 13.0. The van der Waals surface area contributed by atoms with Crippen LogP contribution >= 0.6 is 0 Å². The van der Waals surface area contributed by atoms with Crippen LogP contribution in [0.25, 0.3) is 0 Å². The highest BCUT2D eigenvalue weighted by molar-refractivity contribution is 7.93. The van der Waals surface area contributed by atoms with E-state index in [0.717, 1.165) is 14.7 Å². The molecule has 0 saturated heterocycles. The molecule has 2 aromatic rings. The predicted octanol–water partition coefficient (Wildman–Crippen LogP) is 1.55. The zero-order valence-electron chi connectivity index (χ0n) is 15.3. The second-order valence-corrected chi connectivity index (χ2v) is 9.86. The molecule has 0 saturated carbocycles. The number of ether oxygens (including phenoxy) is 1. The Bertz CT molecular complexity index is 1060. The lowest BCUT2D eigenvalue weighted by atomic mass is 10.2. The molecule has 2 rings (SSSR count). The van der Waals surface area contributed by atoms with Crippen LogP contribution in [0.15, 0.2) is 58.3 Å². The molecular weight excluding hydrogens is 392 g/mol. The summed E-state index contributed by atoms with van der Waals surface area (Å²) in [4.78, 5) is 11.6. The van der Waals surface area contributed by atoms with Gasteiger partial charge in [0, 0.05) is 21.1 Å². The average Bonchev–Trinajstić information content (AvgIpc) is 2.66.